The number of hydrogen-bond donors (Lipinski definition) is 1. The van der Waals surface area contributed by atoms with Crippen LogP contribution in [0.1, 0.15) is 92.9 Å². The fourth-order valence-electron chi connectivity index (χ4n) is 4.04. The highest BCUT2D eigenvalue weighted by molar-refractivity contribution is 8.32. The Morgan fingerprint density at radius 1 is 0.743 bits per heavy atom. The number of aromatic nitrogens is 2. The quantitative estimate of drug-likeness (QED) is 0.207. The van der Waals surface area contributed by atoms with Crippen LogP contribution < -0.4 is 10.7 Å². The largest absolute Gasteiger partial charge is 0.846 e. The molecule has 0 atom stereocenters. The summed E-state index contributed by atoms with van der Waals surface area (Å²) >= 11 is 6.24. The van der Waals surface area contributed by atoms with E-state index >= 15 is 0 Å². The number of nitrogens with zero attached hydrogens (tertiary/aromatic N) is 2. The van der Waals surface area contributed by atoms with Crippen LogP contribution in [0.3, 0.4) is 0 Å². The van der Waals surface area contributed by atoms with E-state index in [-0.39, 0.29) is 5.56 Å². The number of fused-ring (bicyclic) bond motifs is 1. The molecule has 0 radical (unpaired) electrons. The zero-order valence-electron chi connectivity index (χ0n) is 22.3. The lowest BCUT2D eigenvalue weighted by molar-refractivity contribution is -0.929. The average molecular weight is 558 g/mol. The molecule has 2 aliphatic rings. The SMILES string of the molecule is CC1=C(C)SC(=C2Sc3nc([O-])[nH]c(=O)c3S2)S1.CCCC[N+](CCCC)(CCCC)CCCC. The third-order valence-electron chi connectivity index (χ3n) is 6.31. The van der Waals surface area contributed by atoms with Crippen LogP contribution in [-0.2, 0) is 0 Å². The van der Waals surface area contributed by atoms with E-state index in [1.54, 1.807) is 23.5 Å². The fraction of sp³-hybridized carbons (Fsp3) is 0.692. The summed E-state index contributed by atoms with van der Waals surface area (Å²) in [5, 5.41) is 11.7. The third-order valence-corrected chi connectivity index (χ3v) is 11.9. The lowest BCUT2D eigenvalue weighted by Gasteiger charge is -2.39. The minimum absolute atomic E-state index is 0.340. The Hall–Kier alpha value is -0.480. The molecule has 0 saturated heterocycles. The lowest BCUT2D eigenvalue weighted by Crippen LogP contribution is -2.50. The van der Waals surface area contributed by atoms with Gasteiger partial charge < -0.3 is 14.6 Å². The Morgan fingerprint density at radius 2 is 1.17 bits per heavy atom. The maximum absolute atomic E-state index is 11.6. The van der Waals surface area contributed by atoms with Crippen LogP contribution in [0.5, 0.6) is 6.01 Å². The van der Waals surface area contributed by atoms with Gasteiger partial charge in [-0.2, -0.15) is 0 Å². The van der Waals surface area contributed by atoms with E-state index in [9.17, 15) is 9.90 Å². The van der Waals surface area contributed by atoms with Gasteiger partial charge in [-0.15, -0.1) is 0 Å². The molecule has 0 aliphatic carbocycles. The van der Waals surface area contributed by atoms with Crippen LogP contribution in [-0.4, -0.2) is 40.6 Å². The Balaban J connectivity index is 0.000000248. The van der Waals surface area contributed by atoms with Crippen molar-refractivity contribution in [1.82, 2.24) is 9.97 Å². The molecule has 3 heterocycles. The predicted molar refractivity (Wildman–Crippen MR) is 156 cm³/mol. The van der Waals surface area contributed by atoms with E-state index < -0.39 is 6.01 Å². The van der Waals surface area contributed by atoms with Crippen molar-refractivity contribution in [3.63, 3.8) is 0 Å². The Labute approximate surface area is 229 Å². The summed E-state index contributed by atoms with van der Waals surface area (Å²) in [7, 11) is 0. The fourth-order valence-corrected chi connectivity index (χ4v) is 9.24. The van der Waals surface area contributed by atoms with Gasteiger partial charge in [0.25, 0.3) is 5.56 Å². The van der Waals surface area contributed by atoms with Gasteiger partial charge in [0.15, 0.2) is 0 Å². The molecule has 0 spiro atoms. The van der Waals surface area contributed by atoms with Crippen molar-refractivity contribution in [1.29, 1.82) is 0 Å². The summed E-state index contributed by atoms with van der Waals surface area (Å²) in [5.74, 6) is 0. The van der Waals surface area contributed by atoms with Gasteiger partial charge >= 0.3 is 0 Å². The Morgan fingerprint density at radius 3 is 1.60 bits per heavy atom. The summed E-state index contributed by atoms with van der Waals surface area (Å²) in [6.07, 6.45) is 11.1. The van der Waals surface area contributed by atoms with Crippen LogP contribution in [0.2, 0.25) is 0 Å². The summed E-state index contributed by atoms with van der Waals surface area (Å²) in [6.45, 7) is 19.2. The first-order valence-electron chi connectivity index (χ1n) is 13.1. The first-order valence-corrected chi connectivity index (χ1v) is 16.3. The van der Waals surface area contributed by atoms with Crippen LogP contribution in [0.4, 0.5) is 0 Å². The van der Waals surface area contributed by atoms with Gasteiger partial charge in [-0.25, -0.2) is 4.98 Å². The molecular formula is C26H43N3O2S4. The third kappa shape index (κ3) is 9.40. The molecule has 5 nitrogen and oxygen atoms in total. The smallest absolute Gasteiger partial charge is 0.265 e. The number of aromatic amines is 1. The van der Waals surface area contributed by atoms with E-state index in [0.29, 0.717) is 9.92 Å². The average Bonchev–Trinajstić information content (AvgIpc) is 3.41. The highest BCUT2D eigenvalue weighted by Crippen LogP contribution is 2.59. The summed E-state index contributed by atoms with van der Waals surface area (Å²) in [6, 6.07) is -0.574. The molecule has 0 unspecified atom stereocenters. The monoisotopic (exact) mass is 557 g/mol. The van der Waals surface area contributed by atoms with Gasteiger partial charge in [-0.05, 0) is 49.3 Å². The van der Waals surface area contributed by atoms with Crippen LogP contribution in [0, 0.1) is 0 Å². The highest BCUT2D eigenvalue weighted by Gasteiger charge is 2.28. The first-order chi connectivity index (χ1) is 16.8. The zero-order valence-corrected chi connectivity index (χ0v) is 25.6. The summed E-state index contributed by atoms with van der Waals surface area (Å²) in [4.78, 5) is 20.8. The molecule has 0 aromatic carbocycles. The Bertz CT molecular complexity index is 890. The van der Waals surface area contributed by atoms with Gasteiger partial charge in [0, 0.05) is 0 Å². The van der Waals surface area contributed by atoms with Gasteiger partial charge in [-0.3, -0.25) is 4.79 Å². The van der Waals surface area contributed by atoms with Gasteiger partial charge in [-0.1, -0.05) is 100 Å². The topological polar surface area (TPSA) is 68.8 Å². The molecule has 0 fully saturated rings. The number of allylic oxidation sites excluding steroid dienone is 2. The Kier molecular flexibility index (Phi) is 13.8. The molecule has 198 valence electrons. The maximum atomic E-state index is 11.6. The minimum Gasteiger partial charge on any atom is -0.846 e. The van der Waals surface area contributed by atoms with Gasteiger partial charge in [0.1, 0.15) is 9.92 Å². The molecule has 1 aromatic heterocycles. The van der Waals surface area contributed by atoms with E-state index in [2.05, 4.69) is 51.5 Å². The zero-order chi connectivity index (χ0) is 25.8. The van der Waals surface area contributed by atoms with Gasteiger partial charge in [0.05, 0.1) is 40.7 Å². The molecule has 0 bridgehead atoms. The molecule has 9 heteroatoms. The van der Waals surface area contributed by atoms with Crippen molar-refractivity contribution < 1.29 is 9.59 Å². The first kappa shape index (κ1) is 30.7. The number of unbranched alkanes of at least 4 members (excludes halogenated alkanes) is 4. The summed E-state index contributed by atoms with van der Waals surface area (Å²) < 4.78 is 3.63. The molecule has 1 N–H and O–H groups in total. The number of thioether (sulfide) groups is 4. The van der Waals surface area contributed by atoms with Crippen molar-refractivity contribution in [2.24, 2.45) is 0 Å². The number of quaternary nitrogens is 1. The molecule has 3 rings (SSSR count). The highest BCUT2D eigenvalue weighted by atomic mass is 32.2. The van der Waals surface area contributed by atoms with Crippen LogP contribution >= 0.6 is 47.0 Å². The van der Waals surface area contributed by atoms with Crippen molar-refractivity contribution in [3.05, 3.63) is 28.6 Å². The molecule has 2 aliphatic heterocycles. The lowest BCUT2D eigenvalue weighted by atomic mass is 10.1. The molecule has 0 amide bonds. The molecular weight excluding hydrogens is 515 g/mol. The second kappa shape index (κ2) is 15.7. The van der Waals surface area contributed by atoms with E-state index in [1.165, 1.54) is 120 Å². The van der Waals surface area contributed by atoms with Crippen molar-refractivity contribution in [2.75, 3.05) is 26.2 Å². The van der Waals surface area contributed by atoms with Crippen molar-refractivity contribution in [3.8, 4) is 6.01 Å². The second-order valence-corrected chi connectivity index (χ2v) is 14.2. The normalized spacial score (nSPS) is 15.5. The molecule has 1 aromatic rings. The van der Waals surface area contributed by atoms with Crippen molar-refractivity contribution in [2.45, 2.75) is 103 Å². The van der Waals surface area contributed by atoms with E-state index in [0.717, 1.165) is 4.24 Å². The summed E-state index contributed by atoms with van der Waals surface area (Å²) in [5.41, 5.74) is -0.340. The number of rotatable bonds is 12. The second-order valence-electron chi connectivity index (χ2n) is 9.25. The molecule has 35 heavy (non-hydrogen) atoms. The minimum atomic E-state index is -0.574. The van der Waals surface area contributed by atoms with Crippen molar-refractivity contribution >= 4 is 47.0 Å². The number of H-pyrrole nitrogens is 1. The predicted octanol–water partition coefficient (Wildman–Crippen LogP) is 7.90. The van der Waals surface area contributed by atoms with Gasteiger partial charge in [0.2, 0.25) is 0 Å². The standard InChI is InChI=1S/C16H36N.C10H8N2O2S4/c1-5-9-13-17(14-10-6-2,15-11-7-3)16-12-8-4;1-3-4(2)16-8(15-3)9-17-5-6(13)11-10(14)12-7(5)18-9/h5-16H2,1-4H3;1-2H3,(H2,11,12,13,14)/q+1;/p-1. The van der Waals surface area contributed by atoms with Crippen LogP contribution in [0.15, 0.2) is 33.0 Å². The number of nitrogens with one attached hydrogen (secondary N) is 1. The van der Waals surface area contributed by atoms with E-state index in [1.807, 2.05) is 0 Å². The van der Waals surface area contributed by atoms with E-state index in [4.69, 9.17) is 0 Å². The maximum Gasteiger partial charge on any atom is 0.265 e. The molecule has 0 saturated carbocycles. The number of hydrogen-bond acceptors (Lipinski definition) is 7. The van der Waals surface area contributed by atoms with Crippen LogP contribution in [0.25, 0.3) is 0 Å².